The minimum Gasteiger partial charge on any atom is -0.503 e. The molecule has 0 aliphatic carbocycles. The van der Waals surface area contributed by atoms with Gasteiger partial charge in [0.25, 0.3) is 5.91 Å². The predicted molar refractivity (Wildman–Crippen MR) is 191 cm³/mol. The maximum atomic E-state index is 13.8. The molecule has 1 amide bonds. The normalized spacial score (nSPS) is 14.7. The van der Waals surface area contributed by atoms with Crippen LogP contribution in [0.4, 0.5) is 5.13 Å². The zero-order valence-corrected chi connectivity index (χ0v) is 27.2. The van der Waals surface area contributed by atoms with Crippen LogP contribution in [0.15, 0.2) is 149 Å². The maximum Gasteiger partial charge on any atom is 0.296 e. The van der Waals surface area contributed by atoms with E-state index in [4.69, 9.17) is 4.74 Å². The number of aromatic nitrogens is 2. The Labute approximate surface area is 285 Å². The molecule has 5 aromatic carbocycles. The number of anilines is 1. The minimum absolute atomic E-state index is 0.0347. The lowest BCUT2D eigenvalue weighted by Gasteiger charge is -2.24. The van der Waals surface area contributed by atoms with Gasteiger partial charge < -0.3 is 9.84 Å². The second-order valence-electron chi connectivity index (χ2n) is 11.1. The summed E-state index contributed by atoms with van der Waals surface area (Å²) in [6.45, 7) is 0.345. The van der Waals surface area contributed by atoms with Crippen molar-refractivity contribution in [2.24, 2.45) is 0 Å². The fourth-order valence-corrected chi connectivity index (χ4v) is 7.50. The van der Waals surface area contributed by atoms with Gasteiger partial charge in [-0.1, -0.05) is 144 Å². The van der Waals surface area contributed by atoms with E-state index in [1.165, 1.54) is 39.5 Å². The van der Waals surface area contributed by atoms with E-state index in [0.29, 0.717) is 28.0 Å². The third-order valence-electron chi connectivity index (χ3n) is 7.96. The van der Waals surface area contributed by atoms with Gasteiger partial charge in [-0.15, -0.1) is 10.2 Å². The number of aliphatic hydroxyl groups is 1. The molecule has 1 unspecified atom stereocenters. The van der Waals surface area contributed by atoms with Crippen LogP contribution in [0.2, 0.25) is 0 Å². The van der Waals surface area contributed by atoms with Crippen LogP contribution < -0.4 is 9.64 Å². The average molecular weight is 668 g/mol. The Kier molecular flexibility index (Phi) is 9.13. The topological polar surface area (TPSA) is 92.6 Å². The molecule has 1 aliphatic heterocycles. The van der Waals surface area contributed by atoms with Crippen LogP contribution >= 0.6 is 23.1 Å². The smallest absolute Gasteiger partial charge is 0.296 e. The molecule has 0 saturated carbocycles. The van der Waals surface area contributed by atoms with Crippen molar-refractivity contribution < 1.29 is 19.4 Å². The Hall–Kier alpha value is -5.51. The average Bonchev–Trinajstić information content (AvgIpc) is 3.71. The number of allylic oxidation sites excluding steroid dienone is 1. The highest BCUT2D eigenvalue weighted by Gasteiger charge is 2.45. The van der Waals surface area contributed by atoms with Crippen molar-refractivity contribution >= 4 is 56.8 Å². The number of fused-ring (bicyclic) bond motifs is 1. The van der Waals surface area contributed by atoms with Crippen LogP contribution in [-0.4, -0.2) is 27.0 Å². The van der Waals surface area contributed by atoms with Crippen LogP contribution in [-0.2, 0) is 21.9 Å². The van der Waals surface area contributed by atoms with E-state index in [-0.39, 0.29) is 10.7 Å². The number of benzene rings is 5. The van der Waals surface area contributed by atoms with Crippen molar-refractivity contribution in [2.45, 2.75) is 22.7 Å². The lowest BCUT2D eigenvalue weighted by Crippen LogP contribution is -2.30. The Morgan fingerprint density at radius 3 is 2.44 bits per heavy atom. The van der Waals surface area contributed by atoms with Gasteiger partial charge in [0.15, 0.2) is 15.9 Å². The number of ketones is 1. The van der Waals surface area contributed by atoms with Gasteiger partial charge in [-0.25, -0.2) is 0 Å². The lowest BCUT2D eigenvalue weighted by molar-refractivity contribution is -0.117. The predicted octanol–water partition coefficient (Wildman–Crippen LogP) is 8.75. The number of hydrogen-bond donors (Lipinski definition) is 1. The molecule has 1 N–H and O–H groups in total. The molecule has 48 heavy (non-hydrogen) atoms. The fraction of sp³-hybridized carbons (Fsp3) is 0.0769. The number of amides is 1. The van der Waals surface area contributed by atoms with Gasteiger partial charge in [0.1, 0.15) is 12.4 Å². The summed E-state index contributed by atoms with van der Waals surface area (Å²) in [6, 6.07) is 39.9. The number of carbonyl (C=O) groups is 2. The second kappa shape index (κ2) is 14.1. The Bertz CT molecular complexity index is 2160. The standard InChI is InChI=1S/C39H29N3O4S2/c43-33(22-21-26-11-3-1-4-12-26)34-35(29-17-10-19-31(23-29)46-24-27-13-5-2-6-14-27)42(37(45)36(34)44)38-40-41-39(48-38)47-25-30-18-9-16-28-15-7-8-20-32(28)30/h1-23,35,44H,24-25H2. The van der Waals surface area contributed by atoms with Crippen molar-refractivity contribution in [3.05, 3.63) is 167 Å². The molecule has 0 fully saturated rings. The Morgan fingerprint density at radius 1 is 0.875 bits per heavy atom. The summed E-state index contributed by atoms with van der Waals surface area (Å²) in [4.78, 5) is 28.9. The molecule has 1 aliphatic rings. The SMILES string of the molecule is O=C(C=Cc1ccccc1)C1=C(O)C(=O)N(c2nnc(SCc3cccc4ccccc34)s2)C1c1cccc(OCc2ccccc2)c1. The fourth-order valence-electron chi connectivity index (χ4n) is 5.63. The van der Waals surface area contributed by atoms with E-state index in [2.05, 4.69) is 34.5 Å². The number of carbonyl (C=O) groups excluding carboxylic acids is 2. The molecule has 6 aromatic rings. The van der Waals surface area contributed by atoms with Crippen LogP contribution in [0.1, 0.15) is 28.3 Å². The quantitative estimate of drug-likeness (QED) is 0.0839. The van der Waals surface area contributed by atoms with Crippen molar-refractivity contribution in [1.29, 1.82) is 0 Å². The first-order valence-corrected chi connectivity index (χ1v) is 17.1. The van der Waals surface area contributed by atoms with Gasteiger partial charge >= 0.3 is 0 Å². The summed E-state index contributed by atoms with van der Waals surface area (Å²) < 4.78 is 6.75. The number of aliphatic hydroxyl groups excluding tert-OH is 1. The van der Waals surface area contributed by atoms with Crippen LogP contribution in [0.3, 0.4) is 0 Å². The highest BCUT2D eigenvalue weighted by atomic mass is 32.2. The van der Waals surface area contributed by atoms with Gasteiger partial charge in [-0.3, -0.25) is 14.5 Å². The molecule has 2 heterocycles. The van der Waals surface area contributed by atoms with Gasteiger partial charge in [-0.2, -0.15) is 0 Å². The molecule has 0 spiro atoms. The summed E-state index contributed by atoms with van der Waals surface area (Å²) in [7, 11) is 0. The summed E-state index contributed by atoms with van der Waals surface area (Å²) in [5.41, 5.74) is 3.54. The third kappa shape index (κ3) is 6.64. The van der Waals surface area contributed by atoms with Crippen molar-refractivity contribution in [3.63, 3.8) is 0 Å². The summed E-state index contributed by atoms with van der Waals surface area (Å²) >= 11 is 2.76. The first-order chi connectivity index (χ1) is 23.5. The van der Waals surface area contributed by atoms with Gasteiger partial charge in [0, 0.05) is 5.75 Å². The highest BCUT2D eigenvalue weighted by Crippen LogP contribution is 2.44. The first kappa shape index (κ1) is 31.1. The number of rotatable bonds is 11. The van der Waals surface area contributed by atoms with Gasteiger partial charge in [-0.05, 0) is 51.2 Å². The molecule has 1 aromatic heterocycles. The zero-order valence-electron chi connectivity index (χ0n) is 25.6. The molecule has 7 nitrogen and oxygen atoms in total. The lowest BCUT2D eigenvalue weighted by atomic mass is 9.95. The third-order valence-corrected chi connectivity index (χ3v) is 10.1. The molecule has 9 heteroatoms. The van der Waals surface area contributed by atoms with Gasteiger partial charge in [0.2, 0.25) is 5.13 Å². The van der Waals surface area contributed by atoms with Gasteiger partial charge in [0.05, 0.1) is 11.6 Å². The maximum absolute atomic E-state index is 13.8. The summed E-state index contributed by atoms with van der Waals surface area (Å²) in [6.07, 6.45) is 3.05. The number of ether oxygens (including phenoxy) is 1. The molecule has 236 valence electrons. The van der Waals surface area contributed by atoms with E-state index in [9.17, 15) is 14.7 Å². The number of hydrogen-bond acceptors (Lipinski definition) is 8. The molecule has 0 saturated heterocycles. The van der Waals surface area contributed by atoms with E-state index < -0.39 is 23.5 Å². The minimum atomic E-state index is -0.949. The molecule has 0 bridgehead atoms. The molecular formula is C39H29N3O4S2. The number of thioether (sulfide) groups is 1. The van der Waals surface area contributed by atoms with E-state index in [1.807, 2.05) is 91.0 Å². The molecular weight excluding hydrogens is 639 g/mol. The van der Waals surface area contributed by atoms with E-state index >= 15 is 0 Å². The van der Waals surface area contributed by atoms with E-state index in [1.54, 1.807) is 18.2 Å². The largest absolute Gasteiger partial charge is 0.503 e. The first-order valence-electron chi connectivity index (χ1n) is 15.3. The Balaban J connectivity index is 1.19. The van der Waals surface area contributed by atoms with Crippen LogP contribution in [0.25, 0.3) is 16.8 Å². The molecule has 7 rings (SSSR count). The zero-order chi connectivity index (χ0) is 32.9. The second-order valence-corrected chi connectivity index (χ2v) is 13.3. The van der Waals surface area contributed by atoms with Crippen molar-refractivity contribution in [3.8, 4) is 5.75 Å². The molecule has 1 atom stereocenters. The van der Waals surface area contributed by atoms with Crippen molar-refractivity contribution in [1.82, 2.24) is 10.2 Å². The van der Waals surface area contributed by atoms with Crippen molar-refractivity contribution in [2.75, 3.05) is 4.90 Å². The summed E-state index contributed by atoms with van der Waals surface area (Å²) in [5.74, 6) is -0.591. The van der Waals surface area contributed by atoms with E-state index in [0.717, 1.165) is 22.1 Å². The van der Waals surface area contributed by atoms with Crippen LogP contribution in [0, 0.1) is 0 Å². The number of nitrogens with zero attached hydrogens (tertiary/aromatic N) is 3. The Morgan fingerprint density at radius 2 is 1.60 bits per heavy atom. The summed E-state index contributed by atoms with van der Waals surface area (Å²) in [5, 5.41) is 22.6. The van der Waals surface area contributed by atoms with Crippen LogP contribution in [0.5, 0.6) is 5.75 Å². The molecule has 0 radical (unpaired) electrons. The monoisotopic (exact) mass is 667 g/mol. The highest BCUT2D eigenvalue weighted by molar-refractivity contribution is 8.00.